The lowest BCUT2D eigenvalue weighted by Crippen LogP contribution is -2.45. The van der Waals surface area contributed by atoms with Crippen LogP contribution < -0.4 is 5.73 Å². The molecule has 8 nitrogen and oxygen atoms in total. The van der Waals surface area contributed by atoms with Gasteiger partial charge in [-0.3, -0.25) is 14.9 Å². The van der Waals surface area contributed by atoms with Gasteiger partial charge in [-0.25, -0.2) is 4.98 Å². The van der Waals surface area contributed by atoms with Crippen molar-refractivity contribution in [1.29, 1.82) is 0 Å². The summed E-state index contributed by atoms with van der Waals surface area (Å²) in [6, 6.07) is 4.57. The highest BCUT2D eigenvalue weighted by atomic mass is 35.5. The van der Waals surface area contributed by atoms with Crippen LogP contribution in [0.1, 0.15) is 30.1 Å². The second-order valence-corrected chi connectivity index (χ2v) is 6.44. The minimum atomic E-state index is -0.479. The Morgan fingerprint density at radius 3 is 2.74 bits per heavy atom. The number of aromatic nitrogens is 2. The third-order valence-corrected chi connectivity index (χ3v) is 4.69. The Balaban J connectivity index is 0.00000182. The molecule has 0 bridgehead atoms. The average Bonchev–Trinajstić information content (AvgIpc) is 3.15. The molecule has 3 rings (SSSR count). The van der Waals surface area contributed by atoms with Crippen molar-refractivity contribution in [3.63, 3.8) is 0 Å². The quantitative estimate of drug-likeness (QED) is 0.609. The first-order valence-corrected chi connectivity index (χ1v) is 8.29. The Morgan fingerprint density at radius 1 is 1.41 bits per heavy atom. The van der Waals surface area contributed by atoms with Gasteiger partial charge >= 0.3 is 0 Å². The van der Waals surface area contributed by atoms with Gasteiger partial charge in [0.1, 0.15) is 5.69 Å². The smallest absolute Gasteiger partial charge is 0.294 e. The number of amides is 1. The number of nitro groups is 1. The molecule has 0 aliphatic carbocycles. The van der Waals surface area contributed by atoms with E-state index in [4.69, 9.17) is 5.73 Å². The van der Waals surface area contributed by atoms with E-state index in [1.54, 1.807) is 34.0 Å². The van der Waals surface area contributed by atoms with Gasteiger partial charge in [-0.2, -0.15) is 0 Å². The molecule has 148 valence electrons. The number of carbonyl (C=O) groups is 1. The lowest BCUT2D eigenvalue weighted by molar-refractivity contribution is -0.384. The lowest BCUT2D eigenvalue weighted by atomic mass is 9.92. The van der Waals surface area contributed by atoms with Crippen LogP contribution in [0.5, 0.6) is 0 Å². The number of piperidine rings is 1. The maximum Gasteiger partial charge on any atom is 0.294 e. The molecule has 0 radical (unpaired) electrons. The summed E-state index contributed by atoms with van der Waals surface area (Å²) in [5, 5.41) is 11.4. The highest BCUT2D eigenvalue weighted by Crippen LogP contribution is 2.26. The first kappa shape index (κ1) is 22.9. The fourth-order valence-corrected chi connectivity index (χ4v) is 3.23. The van der Waals surface area contributed by atoms with E-state index in [-0.39, 0.29) is 48.4 Å². The molecule has 2 N–H and O–H groups in total. The SMILES string of the molecule is CC(N)C1CCCN(C(=O)c2ccc(-n3ccnc3)c([N+](=O)[O-])c2)C1.Cl.Cl. The predicted molar refractivity (Wildman–Crippen MR) is 107 cm³/mol. The molecule has 1 aromatic heterocycles. The third-order valence-electron chi connectivity index (χ3n) is 4.69. The van der Waals surface area contributed by atoms with E-state index < -0.39 is 4.92 Å². The van der Waals surface area contributed by atoms with E-state index in [9.17, 15) is 14.9 Å². The average molecular weight is 416 g/mol. The van der Waals surface area contributed by atoms with Crippen molar-refractivity contribution in [2.45, 2.75) is 25.8 Å². The van der Waals surface area contributed by atoms with Gasteiger partial charge in [-0.05, 0) is 37.8 Å². The normalized spacial score (nSPS) is 17.4. The van der Waals surface area contributed by atoms with E-state index in [1.165, 1.54) is 12.4 Å². The van der Waals surface area contributed by atoms with E-state index >= 15 is 0 Å². The molecule has 2 heterocycles. The molecule has 1 saturated heterocycles. The summed E-state index contributed by atoms with van der Waals surface area (Å²) >= 11 is 0. The molecule has 1 aromatic carbocycles. The van der Waals surface area contributed by atoms with Crippen LogP contribution in [0.15, 0.2) is 36.9 Å². The van der Waals surface area contributed by atoms with Crippen molar-refractivity contribution in [3.05, 3.63) is 52.6 Å². The minimum Gasteiger partial charge on any atom is -0.338 e. The van der Waals surface area contributed by atoms with Gasteiger partial charge in [-0.1, -0.05) is 0 Å². The zero-order chi connectivity index (χ0) is 18.0. The maximum atomic E-state index is 12.8. The fraction of sp³-hybridized carbons (Fsp3) is 0.412. The fourth-order valence-electron chi connectivity index (χ4n) is 3.23. The van der Waals surface area contributed by atoms with Crippen LogP contribution >= 0.6 is 24.8 Å². The predicted octanol–water partition coefficient (Wildman–Crippen LogP) is 2.82. The molecule has 1 aliphatic rings. The summed E-state index contributed by atoms with van der Waals surface area (Å²) in [5.41, 5.74) is 6.55. The standard InChI is InChI=1S/C17H21N5O3.2ClH/c1-12(18)14-3-2-7-20(10-14)17(23)13-4-5-15(16(9-13)22(24)25)21-8-6-19-11-21;;/h4-6,8-9,11-12,14H,2-3,7,10,18H2,1H3;2*1H. The number of carbonyl (C=O) groups excluding carboxylic acids is 1. The van der Waals surface area contributed by atoms with E-state index in [1.807, 2.05) is 6.92 Å². The van der Waals surface area contributed by atoms with Gasteiger partial charge in [0.25, 0.3) is 11.6 Å². The molecule has 2 aromatic rings. The van der Waals surface area contributed by atoms with Crippen LogP contribution in [-0.2, 0) is 0 Å². The number of halogens is 2. The minimum absolute atomic E-state index is 0. The first-order chi connectivity index (χ1) is 12.0. The van der Waals surface area contributed by atoms with E-state index in [2.05, 4.69) is 4.98 Å². The summed E-state index contributed by atoms with van der Waals surface area (Å²) in [5.74, 6) is 0.0727. The molecule has 0 saturated carbocycles. The van der Waals surface area contributed by atoms with Gasteiger partial charge in [0.2, 0.25) is 0 Å². The van der Waals surface area contributed by atoms with Crippen molar-refractivity contribution in [2.24, 2.45) is 11.7 Å². The number of nitrogens with zero attached hydrogens (tertiary/aromatic N) is 4. The highest BCUT2D eigenvalue weighted by Gasteiger charge is 2.28. The number of nitro benzene ring substituents is 1. The number of likely N-dealkylation sites (tertiary alicyclic amines) is 1. The number of benzene rings is 1. The first-order valence-electron chi connectivity index (χ1n) is 8.29. The summed E-state index contributed by atoms with van der Waals surface area (Å²) in [6.07, 6.45) is 6.56. The van der Waals surface area contributed by atoms with Crippen molar-refractivity contribution < 1.29 is 9.72 Å². The molecule has 1 amide bonds. The Bertz CT molecular complexity index is 783. The number of nitrogens with two attached hydrogens (primary N) is 1. The van der Waals surface area contributed by atoms with Gasteiger partial charge in [0, 0.05) is 43.2 Å². The Morgan fingerprint density at radius 2 is 2.15 bits per heavy atom. The molecule has 10 heteroatoms. The van der Waals surface area contributed by atoms with Crippen molar-refractivity contribution in [2.75, 3.05) is 13.1 Å². The monoisotopic (exact) mass is 415 g/mol. The number of imidazole rings is 1. The second-order valence-electron chi connectivity index (χ2n) is 6.44. The molecule has 2 atom stereocenters. The molecule has 2 unspecified atom stereocenters. The van der Waals surface area contributed by atoms with Crippen molar-refractivity contribution >= 4 is 36.4 Å². The molecule has 1 aliphatic heterocycles. The lowest BCUT2D eigenvalue weighted by Gasteiger charge is -2.34. The summed E-state index contributed by atoms with van der Waals surface area (Å²) in [4.78, 5) is 29.4. The van der Waals surface area contributed by atoms with E-state index in [0.717, 1.165) is 12.8 Å². The number of hydrogen-bond donors (Lipinski definition) is 1. The Labute approximate surface area is 169 Å². The van der Waals surface area contributed by atoms with E-state index in [0.29, 0.717) is 24.3 Å². The zero-order valence-corrected chi connectivity index (χ0v) is 16.5. The van der Waals surface area contributed by atoms with Crippen molar-refractivity contribution in [1.82, 2.24) is 14.5 Å². The van der Waals surface area contributed by atoms with Gasteiger partial charge in [-0.15, -0.1) is 24.8 Å². The second kappa shape index (κ2) is 9.68. The summed E-state index contributed by atoms with van der Waals surface area (Å²) in [7, 11) is 0. The van der Waals surface area contributed by atoms with Gasteiger partial charge < -0.3 is 15.2 Å². The topological polar surface area (TPSA) is 107 Å². The number of rotatable bonds is 4. The molecular formula is C17H23Cl2N5O3. The molecular weight excluding hydrogens is 393 g/mol. The van der Waals surface area contributed by atoms with Crippen LogP contribution in [0, 0.1) is 16.0 Å². The van der Waals surface area contributed by atoms with Gasteiger partial charge in [0.15, 0.2) is 0 Å². The third kappa shape index (κ3) is 4.97. The zero-order valence-electron chi connectivity index (χ0n) is 14.9. The summed E-state index contributed by atoms with van der Waals surface area (Å²) < 4.78 is 1.55. The maximum absolute atomic E-state index is 12.8. The summed E-state index contributed by atoms with van der Waals surface area (Å²) in [6.45, 7) is 3.19. The van der Waals surface area contributed by atoms with Crippen LogP contribution in [-0.4, -0.2) is 44.4 Å². The van der Waals surface area contributed by atoms with Crippen LogP contribution in [0.2, 0.25) is 0 Å². The Kier molecular flexibility index (Phi) is 8.20. The largest absolute Gasteiger partial charge is 0.338 e. The van der Waals surface area contributed by atoms with Gasteiger partial charge in [0.05, 0.1) is 11.3 Å². The molecule has 27 heavy (non-hydrogen) atoms. The highest BCUT2D eigenvalue weighted by molar-refractivity contribution is 5.95. The molecule has 0 spiro atoms. The Hall–Kier alpha value is -2.16. The molecule has 1 fully saturated rings. The van der Waals surface area contributed by atoms with Crippen LogP contribution in [0.3, 0.4) is 0 Å². The van der Waals surface area contributed by atoms with Crippen molar-refractivity contribution in [3.8, 4) is 5.69 Å². The van der Waals surface area contributed by atoms with Crippen LogP contribution in [0.25, 0.3) is 5.69 Å². The number of hydrogen-bond acceptors (Lipinski definition) is 5. The van der Waals surface area contributed by atoms with Crippen LogP contribution in [0.4, 0.5) is 5.69 Å².